The van der Waals surface area contributed by atoms with Crippen molar-refractivity contribution in [2.24, 2.45) is 0 Å². The molecule has 0 radical (unpaired) electrons. The molecule has 2 aliphatic rings. The van der Waals surface area contributed by atoms with Gasteiger partial charge in [-0.2, -0.15) is 0 Å². The Morgan fingerprint density at radius 1 is 1.12 bits per heavy atom. The van der Waals surface area contributed by atoms with Crippen molar-refractivity contribution in [3.05, 3.63) is 99.2 Å². The molecular formula is C36H33N11O10S2. The molecule has 7 rings (SSSR count). The smallest absolute Gasteiger partial charge is 0.324 e. The Bertz CT molecular complexity index is 2590. The molecule has 2 aromatic carbocycles. The van der Waals surface area contributed by atoms with E-state index in [4.69, 9.17) is 9.47 Å². The highest BCUT2D eigenvalue weighted by Crippen LogP contribution is 2.32. The standard InChI is InChI=1S/C36H33N11O10S2/c1-56-35-33(43-59(54,55)23-9-5-21(6-10-23)39-30(48)12-7-22-8-14-32(58-22)47(52)53)37-17-27(40-35)28-19-45(44-42-28)15-16-57-20-38-26-4-2-3-24-25(26)18-46(36(24)51)29-11-13-31(49)41-34(29)50/h2-10,12,14,17,19,29,38H,11,13,15-16,18,20H2,1H3,(H,37,43)(H,39,48)(H,41,49,50)/b12-7+. The van der Waals surface area contributed by atoms with Gasteiger partial charge in [-0.1, -0.05) is 22.6 Å². The maximum Gasteiger partial charge on any atom is 0.324 e. The summed E-state index contributed by atoms with van der Waals surface area (Å²) in [7, 11) is -2.87. The third-order valence-corrected chi connectivity index (χ3v) is 11.4. The number of piperidine rings is 1. The summed E-state index contributed by atoms with van der Waals surface area (Å²) in [5.41, 5.74) is 2.79. The molecule has 3 aromatic heterocycles. The molecule has 0 spiro atoms. The maximum atomic E-state index is 13.2. The second kappa shape index (κ2) is 17.2. The number of nitrogens with zero attached hydrogens (tertiary/aromatic N) is 7. The molecule has 1 unspecified atom stereocenters. The van der Waals surface area contributed by atoms with E-state index in [0.717, 1.165) is 16.9 Å². The predicted octanol–water partition coefficient (Wildman–Crippen LogP) is 3.01. The lowest BCUT2D eigenvalue weighted by Gasteiger charge is -2.29. The lowest BCUT2D eigenvalue weighted by molar-refractivity contribution is -0.380. The molecule has 23 heteroatoms. The molecule has 1 atom stereocenters. The average molecular weight is 844 g/mol. The number of hydrogen-bond donors (Lipinski definition) is 4. The van der Waals surface area contributed by atoms with Crippen molar-refractivity contribution in [1.29, 1.82) is 0 Å². The highest BCUT2D eigenvalue weighted by Gasteiger charge is 2.39. The van der Waals surface area contributed by atoms with Gasteiger partial charge in [-0.05, 0) is 55.0 Å². The Labute approximate surface area is 338 Å². The van der Waals surface area contributed by atoms with Crippen LogP contribution >= 0.6 is 11.3 Å². The first-order chi connectivity index (χ1) is 28.4. The molecule has 0 bridgehead atoms. The van der Waals surface area contributed by atoms with Crippen LogP contribution in [0.15, 0.2) is 78.0 Å². The fourth-order valence-corrected chi connectivity index (χ4v) is 7.85. The molecule has 21 nitrogen and oxygen atoms in total. The van der Waals surface area contributed by atoms with Crippen LogP contribution in [0.1, 0.15) is 33.6 Å². The number of sulfonamides is 1. The number of hydrogen-bond acceptors (Lipinski definition) is 16. The highest BCUT2D eigenvalue weighted by molar-refractivity contribution is 7.92. The first-order valence-electron chi connectivity index (χ1n) is 17.6. The topological polar surface area (TPSA) is 272 Å². The molecule has 0 aliphatic carbocycles. The van der Waals surface area contributed by atoms with E-state index < -0.39 is 32.8 Å². The van der Waals surface area contributed by atoms with Gasteiger partial charge in [0.15, 0.2) is 0 Å². The SMILES string of the molecule is COc1nc(-c2cn(CCOCNc3cccc4c3CN(C3CCC(=O)NC3=O)C4=O)nn2)cnc1NS(=O)(=O)c1ccc(NC(=O)/C=C/c2ccc([N+](=O)[O-])s2)cc1. The predicted molar refractivity (Wildman–Crippen MR) is 210 cm³/mol. The molecule has 59 heavy (non-hydrogen) atoms. The lowest BCUT2D eigenvalue weighted by Crippen LogP contribution is -2.52. The average Bonchev–Trinajstić information content (AvgIpc) is 3.97. The summed E-state index contributed by atoms with van der Waals surface area (Å²) < 4.78 is 41.3. The van der Waals surface area contributed by atoms with Crippen LogP contribution in [0.2, 0.25) is 0 Å². The molecule has 0 saturated carbocycles. The monoisotopic (exact) mass is 843 g/mol. The first kappa shape index (κ1) is 40.1. The van der Waals surface area contributed by atoms with Gasteiger partial charge in [0.25, 0.3) is 21.8 Å². The van der Waals surface area contributed by atoms with Crippen LogP contribution in [0.5, 0.6) is 5.88 Å². The van der Waals surface area contributed by atoms with Crippen molar-refractivity contribution < 1.29 is 42.0 Å². The second-order valence-corrected chi connectivity index (χ2v) is 15.6. The van der Waals surface area contributed by atoms with Crippen LogP contribution in [0.4, 0.5) is 22.2 Å². The fraction of sp³-hybridized carbons (Fsp3) is 0.222. The number of rotatable bonds is 16. The van der Waals surface area contributed by atoms with E-state index in [2.05, 4.69) is 41.0 Å². The van der Waals surface area contributed by atoms with E-state index >= 15 is 0 Å². The Kier molecular flexibility index (Phi) is 11.7. The maximum absolute atomic E-state index is 13.2. The first-order valence-corrected chi connectivity index (χ1v) is 19.9. The third kappa shape index (κ3) is 9.22. The summed E-state index contributed by atoms with van der Waals surface area (Å²) in [6.45, 7) is 0.874. The van der Waals surface area contributed by atoms with Gasteiger partial charge in [0.1, 0.15) is 24.2 Å². The Morgan fingerprint density at radius 2 is 1.93 bits per heavy atom. The fourth-order valence-electron chi connectivity index (χ4n) is 6.12. The van der Waals surface area contributed by atoms with E-state index in [9.17, 15) is 37.7 Å². The largest absolute Gasteiger partial charge is 0.478 e. The summed E-state index contributed by atoms with van der Waals surface area (Å²) in [4.78, 5) is 70.1. The Balaban J connectivity index is 0.894. The van der Waals surface area contributed by atoms with Crippen molar-refractivity contribution in [2.45, 2.75) is 36.9 Å². The molecule has 5 heterocycles. The van der Waals surface area contributed by atoms with Crippen molar-refractivity contribution in [2.75, 3.05) is 35.8 Å². The minimum absolute atomic E-state index is 0.0523. The van der Waals surface area contributed by atoms with Gasteiger partial charge >= 0.3 is 5.00 Å². The summed E-state index contributed by atoms with van der Waals surface area (Å²) in [6, 6.07) is 12.7. The van der Waals surface area contributed by atoms with Crippen LogP contribution in [0, 0.1) is 10.1 Å². The molecule has 2 aliphatic heterocycles. The normalized spacial score (nSPS) is 15.2. The minimum atomic E-state index is -4.17. The van der Waals surface area contributed by atoms with E-state index in [1.807, 2.05) is 6.07 Å². The number of methoxy groups -OCH3 is 1. The molecule has 304 valence electrons. The molecular weight excluding hydrogens is 811 g/mol. The number of nitrogens with one attached hydrogen (secondary N) is 4. The quantitative estimate of drug-likeness (QED) is 0.0278. The number of fused-ring (bicyclic) bond motifs is 1. The van der Waals surface area contributed by atoms with Gasteiger partial charge in [-0.15, -0.1) is 5.10 Å². The van der Waals surface area contributed by atoms with E-state index in [1.165, 1.54) is 71.4 Å². The molecule has 4 amide bonds. The molecule has 4 N–H and O–H groups in total. The van der Waals surface area contributed by atoms with Gasteiger partial charge in [0.2, 0.25) is 23.5 Å². The number of nitro groups is 1. The van der Waals surface area contributed by atoms with E-state index in [1.54, 1.807) is 18.3 Å². The van der Waals surface area contributed by atoms with Gasteiger partial charge in [0, 0.05) is 52.5 Å². The van der Waals surface area contributed by atoms with Crippen LogP contribution in [0.3, 0.4) is 0 Å². The van der Waals surface area contributed by atoms with Crippen molar-refractivity contribution in [1.82, 2.24) is 35.2 Å². The van der Waals surface area contributed by atoms with Crippen LogP contribution in [-0.2, 0) is 42.2 Å². The third-order valence-electron chi connectivity index (χ3n) is 9.00. The zero-order valence-electron chi connectivity index (χ0n) is 30.9. The number of carbonyl (C=O) groups is 4. The Hall–Kier alpha value is -7.11. The highest BCUT2D eigenvalue weighted by atomic mass is 32.2. The summed E-state index contributed by atoms with van der Waals surface area (Å²) in [5.74, 6) is -1.93. The number of ether oxygens (including phenoxy) is 2. The number of thiophene rings is 1. The lowest BCUT2D eigenvalue weighted by atomic mass is 10.0. The zero-order chi connectivity index (χ0) is 41.7. The van der Waals surface area contributed by atoms with E-state index in [0.29, 0.717) is 34.1 Å². The number of aromatic nitrogens is 5. The van der Waals surface area contributed by atoms with Gasteiger partial charge in [-0.3, -0.25) is 39.3 Å². The number of imide groups is 1. The minimum Gasteiger partial charge on any atom is -0.478 e. The van der Waals surface area contributed by atoms with Gasteiger partial charge in [-0.25, -0.2) is 23.1 Å². The summed E-state index contributed by atoms with van der Waals surface area (Å²) in [5, 5.41) is 27.1. The molecule has 1 fully saturated rings. The molecule has 1 saturated heterocycles. The van der Waals surface area contributed by atoms with Crippen molar-refractivity contribution in [3.63, 3.8) is 0 Å². The number of amides is 4. The van der Waals surface area contributed by atoms with Crippen molar-refractivity contribution >= 4 is 73.3 Å². The van der Waals surface area contributed by atoms with E-state index in [-0.39, 0.29) is 71.8 Å². The van der Waals surface area contributed by atoms with Gasteiger partial charge < -0.3 is 25.0 Å². The summed E-state index contributed by atoms with van der Waals surface area (Å²) in [6.07, 6.45) is 5.99. The van der Waals surface area contributed by atoms with Gasteiger partial charge in [0.05, 0.1) is 42.5 Å². The summed E-state index contributed by atoms with van der Waals surface area (Å²) >= 11 is 0.916. The number of benzene rings is 2. The second-order valence-electron chi connectivity index (χ2n) is 12.8. The van der Waals surface area contributed by atoms with Crippen LogP contribution in [-0.4, -0.2) is 93.3 Å². The number of carbonyl (C=O) groups excluding carboxylic acids is 4. The Morgan fingerprint density at radius 3 is 2.68 bits per heavy atom. The van der Waals surface area contributed by atoms with Crippen LogP contribution in [0.25, 0.3) is 17.5 Å². The van der Waals surface area contributed by atoms with Crippen molar-refractivity contribution in [3.8, 4) is 17.3 Å². The molecule has 5 aromatic rings. The van der Waals surface area contributed by atoms with Crippen LogP contribution < -0.4 is 25.4 Å². The zero-order valence-corrected chi connectivity index (χ0v) is 32.5. The number of anilines is 3.